The van der Waals surface area contributed by atoms with Gasteiger partial charge >= 0.3 is 0 Å². The van der Waals surface area contributed by atoms with E-state index in [-0.39, 0.29) is 17.9 Å². The minimum Gasteiger partial charge on any atom is -0.391 e. The molecular formula is C17H21Cl2N5O2. The molecule has 140 valence electrons. The van der Waals surface area contributed by atoms with Crippen molar-refractivity contribution in [3.63, 3.8) is 0 Å². The van der Waals surface area contributed by atoms with Crippen LogP contribution in [-0.4, -0.2) is 56.9 Å². The van der Waals surface area contributed by atoms with Gasteiger partial charge in [0.25, 0.3) is 5.91 Å². The molecule has 2 N–H and O–H groups in total. The normalized spacial score (nSPS) is 22.4. The molecule has 0 bridgehead atoms. The van der Waals surface area contributed by atoms with E-state index in [4.69, 9.17) is 23.2 Å². The number of rotatable bonds is 5. The largest absolute Gasteiger partial charge is 0.391 e. The fourth-order valence-corrected chi connectivity index (χ4v) is 3.60. The SMILES string of the molecule is CN(C)C(=O)c1cnc(N[C@@H]2CC(Cn3cc(Cl)cn3)C[C@H]2O)c(Cl)c1. The molecule has 7 nitrogen and oxygen atoms in total. The maximum atomic E-state index is 12.0. The summed E-state index contributed by atoms with van der Waals surface area (Å²) in [6, 6.07) is 1.43. The second kappa shape index (κ2) is 7.82. The Morgan fingerprint density at radius 2 is 2.15 bits per heavy atom. The van der Waals surface area contributed by atoms with E-state index in [1.54, 1.807) is 37.2 Å². The number of nitrogens with one attached hydrogen (secondary N) is 1. The summed E-state index contributed by atoms with van der Waals surface area (Å²) in [5.41, 5.74) is 0.422. The fraction of sp³-hybridized carbons (Fsp3) is 0.471. The lowest BCUT2D eigenvalue weighted by Crippen LogP contribution is -2.28. The van der Waals surface area contributed by atoms with Crippen LogP contribution in [0.2, 0.25) is 10.0 Å². The molecule has 26 heavy (non-hydrogen) atoms. The summed E-state index contributed by atoms with van der Waals surface area (Å²) in [5, 5.41) is 18.7. The molecule has 3 atom stereocenters. The Hall–Kier alpha value is -1.83. The Balaban J connectivity index is 1.64. The highest BCUT2D eigenvalue weighted by Gasteiger charge is 2.33. The first kappa shape index (κ1) is 18.9. The van der Waals surface area contributed by atoms with Crippen LogP contribution >= 0.6 is 23.2 Å². The number of pyridine rings is 1. The first-order valence-electron chi connectivity index (χ1n) is 8.33. The topological polar surface area (TPSA) is 83.3 Å². The van der Waals surface area contributed by atoms with Crippen LogP contribution < -0.4 is 5.32 Å². The summed E-state index contributed by atoms with van der Waals surface area (Å²) in [6.07, 6.45) is 5.77. The third-order valence-electron chi connectivity index (χ3n) is 4.49. The van der Waals surface area contributed by atoms with Crippen LogP contribution in [0.1, 0.15) is 23.2 Å². The number of halogens is 2. The van der Waals surface area contributed by atoms with E-state index in [0.717, 1.165) is 6.42 Å². The van der Waals surface area contributed by atoms with Gasteiger partial charge in [-0.1, -0.05) is 23.2 Å². The Morgan fingerprint density at radius 3 is 2.77 bits per heavy atom. The molecule has 0 spiro atoms. The van der Waals surface area contributed by atoms with Crippen molar-refractivity contribution in [2.45, 2.75) is 31.5 Å². The van der Waals surface area contributed by atoms with Crippen molar-refractivity contribution in [2.75, 3.05) is 19.4 Å². The predicted octanol–water partition coefficient (Wildman–Crippen LogP) is 2.54. The molecule has 1 unspecified atom stereocenters. The number of hydrogen-bond acceptors (Lipinski definition) is 5. The third kappa shape index (κ3) is 4.28. The van der Waals surface area contributed by atoms with Gasteiger partial charge in [-0.3, -0.25) is 9.48 Å². The molecule has 0 saturated heterocycles. The van der Waals surface area contributed by atoms with Gasteiger partial charge in [-0.15, -0.1) is 0 Å². The summed E-state index contributed by atoms with van der Waals surface area (Å²) in [4.78, 5) is 17.7. The lowest BCUT2D eigenvalue weighted by atomic mass is 10.1. The molecule has 0 aromatic carbocycles. The van der Waals surface area contributed by atoms with Crippen LogP contribution in [0.15, 0.2) is 24.7 Å². The van der Waals surface area contributed by atoms with Crippen molar-refractivity contribution < 1.29 is 9.90 Å². The van der Waals surface area contributed by atoms with Gasteiger partial charge in [0.05, 0.1) is 34.0 Å². The summed E-state index contributed by atoms with van der Waals surface area (Å²) < 4.78 is 1.79. The van der Waals surface area contributed by atoms with Gasteiger partial charge in [0.15, 0.2) is 0 Å². The molecule has 1 fully saturated rings. The van der Waals surface area contributed by atoms with Gasteiger partial charge < -0.3 is 15.3 Å². The molecule has 1 aliphatic carbocycles. The molecule has 1 amide bonds. The Morgan fingerprint density at radius 1 is 1.38 bits per heavy atom. The average molecular weight is 398 g/mol. The standard InChI is InChI=1S/C17H21Cl2N5O2/c1-23(2)17(26)11-5-13(19)16(20-6-11)22-14-3-10(4-15(14)25)8-24-9-12(18)7-21-24/h5-7,9-10,14-15,25H,3-4,8H2,1-2H3,(H,20,22)/t10?,14-,15-/m1/s1. The lowest BCUT2D eigenvalue weighted by molar-refractivity contribution is 0.0827. The van der Waals surface area contributed by atoms with Crippen LogP contribution in [0.25, 0.3) is 0 Å². The van der Waals surface area contributed by atoms with Crippen molar-refractivity contribution in [3.8, 4) is 0 Å². The van der Waals surface area contributed by atoms with Gasteiger partial charge in [-0.05, 0) is 24.8 Å². The monoisotopic (exact) mass is 397 g/mol. The lowest BCUT2D eigenvalue weighted by Gasteiger charge is -2.18. The number of nitrogens with zero attached hydrogens (tertiary/aromatic N) is 4. The number of aromatic nitrogens is 3. The number of carbonyl (C=O) groups excluding carboxylic acids is 1. The smallest absolute Gasteiger partial charge is 0.254 e. The number of anilines is 1. The fourth-order valence-electron chi connectivity index (χ4n) is 3.22. The number of aliphatic hydroxyl groups is 1. The minimum atomic E-state index is -0.507. The highest BCUT2D eigenvalue weighted by Crippen LogP contribution is 2.31. The average Bonchev–Trinajstić information content (AvgIpc) is 3.14. The van der Waals surface area contributed by atoms with Crippen molar-refractivity contribution in [2.24, 2.45) is 5.92 Å². The summed E-state index contributed by atoms with van der Waals surface area (Å²) in [7, 11) is 3.34. The van der Waals surface area contributed by atoms with E-state index in [1.165, 1.54) is 11.1 Å². The van der Waals surface area contributed by atoms with E-state index >= 15 is 0 Å². The van der Waals surface area contributed by atoms with Crippen LogP contribution in [0, 0.1) is 5.92 Å². The molecule has 1 aliphatic rings. The third-order valence-corrected chi connectivity index (χ3v) is 4.97. The highest BCUT2D eigenvalue weighted by molar-refractivity contribution is 6.33. The van der Waals surface area contributed by atoms with E-state index in [2.05, 4.69) is 15.4 Å². The maximum absolute atomic E-state index is 12.0. The van der Waals surface area contributed by atoms with E-state index < -0.39 is 6.10 Å². The first-order valence-corrected chi connectivity index (χ1v) is 9.09. The second-order valence-corrected chi connectivity index (χ2v) is 7.63. The Labute approximate surface area is 161 Å². The molecular weight excluding hydrogens is 377 g/mol. The zero-order chi connectivity index (χ0) is 18.8. The summed E-state index contributed by atoms with van der Waals surface area (Å²) >= 11 is 12.2. The van der Waals surface area contributed by atoms with E-state index in [1.807, 2.05) is 0 Å². The number of hydrogen-bond donors (Lipinski definition) is 2. The number of aliphatic hydroxyl groups excluding tert-OH is 1. The molecule has 0 aliphatic heterocycles. The van der Waals surface area contributed by atoms with Crippen LogP contribution in [0.4, 0.5) is 5.82 Å². The zero-order valence-corrected chi connectivity index (χ0v) is 16.1. The minimum absolute atomic E-state index is 0.161. The molecule has 3 rings (SSSR count). The van der Waals surface area contributed by atoms with Crippen molar-refractivity contribution in [1.82, 2.24) is 19.7 Å². The highest BCUT2D eigenvalue weighted by atomic mass is 35.5. The van der Waals surface area contributed by atoms with E-state index in [0.29, 0.717) is 34.4 Å². The molecule has 1 saturated carbocycles. The van der Waals surface area contributed by atoms with Crippen molar-refractivity contribution in [1.29, 1.82) is 0 Å². The molecule has 9 heteroatoms. The zero-order valence-electron chi connectivity index (χ0n) is 14.6. The van der Waals surface area contributed by atoms with Gasteiger partial charge in [-0.2, -0.15) is 5.10 Å². The first-order chi connectivity index (χ1) is 12.3. The quantitative estimate of drug-likeness (QED) is 0.809. The van der Waals surface area contributed by atoms with Gasteiger partial charge in [-0.25, -0.2) is 4.98 Å². The Kier molecular flexibility index (Phi) is 5.70. The van der Waals surface area contributed by atoms with Crippen LogP contribution in [0.3, 0.4) is 0 Å². The van der Waals surface area contributed by atoms with Crippen molar-refractivity contribution in [3.05, 3.63) is 40.3 Å². The van der Waals surface area contributed by atoms with Gasteiger partial charge in [0.2, 0.25) is 0 Å². The molecule has 2 heterocycles. The molecule has 2 aromatic rings. The van der Waals surface area contributed by atoms with Gasteiger partial charge in [0, 0.05) is 33.0 Å². The Bertz CT molecular complexity index is 795. The summed E-state index contributed by atoms with van der Waals surface area (Å²) in [6.45, 7) is 0.694. The summed E-state index contributed by atoms with van der Waals surface area (Å²) in [5.74, 6) is 0.574. The van der Waals surface area contributed by atoms with Gasteiger partial charge in [0.1, 0.15) is 5.82 Å². The van der Waals surface area contributed by atoms with Crippen LogP contribution in [-0.2, 0) is 6.54 Å². The van der Waals surface area contributed by atoms with Crippen LogP contribution in [0.5, 0.6) is 0 Å². The maximum Gasteiger partial charge on any atom is 0.254 e. The van der Waals surface area contributed by atoms with Crippen molar-refractivity contribution >= 4 is 34.9 Å². The number of carbonyl (C=O) groups is 1. The molecule has 2 aromatic heterocycles. The molecule has 0 radical (unpaired) electrons. The predicted molar refractivity (Wildman–Crippen MR) is 101 cm³/mol. The second-order valence-electron chi connectivity index (χ2n) is 6.79. The van der Waals surface area contributed by atoms with E-state index in [9.17, 15) is 9.90 Å². The number of amides is 1.